The summed E-state index contributed by atoms with van der Waals surface area (Å²) in [5.74, 6) is -0.622. The van der Waals surface area contributed by atoms with Crippen molar-refractivity contribution >= 4 is 11.9 Å². The van der Waals surface area contributed by atoms with Gasteiger partial charge in [0, 0.05) is 6.54 Å². The Hall–Kier alpha value is -1.14. The maximum absolute atomic E-state index is 12.0. The van der Waals surface area contributed by atoms with E-state index in [4.69, 9.17) is 9.84 Å². The molecule has 0 aromatic rings. The third-order valence-corrected chi connectivity index (χ3v) is 3.31. The molecule has 0 spiro atoms. The van der Waals surface area contributed by atoms with Crippen molar-refractivity contribution in [2.24, 2.45) is 5.92 Å². The summed E-state index contributed by atoms with van der Waals surface area (Å²) in [7, 11) is 1.32. The fraction of sp³-hybridized carbons (Fsp3) is 0.857. The van der Waals surface area contributed by atoms with E-state index in [1.807, 2.05) is 25.7 Å². The van der Waals surface area contributed by atoms with Gasteiger partial charge in [0.05, 0.1) is 20.3 Å². The molecule has 0 fully saturated rings. The van der Waals surface area contributed by atoms with Crippen molar-refractivity contribution in [3.05, 3.63) is 0 Å². The lowest BCUT2D eigenvalue weighted by molar-refractivity contribution is -0.146. The standard InChI is InChI=1S/C14H28N2O4/c1-5-7-16(8-9-17)10-12(18)15-13(11(3)6-2)14(19)20-4/h11,13,17H,5-10H2,1-4H3,(H,15,18)/t11-,13-/m0/s1. The van der Waals surface area contributed by atoms with E-state index in [0.717, 1.165) is 19.4 Å². The minimum absolute atomic E-state index is 0.0130. The normalized spacial score (nSPS) is 13.9. The van der Waals surface area contributed by atoms with Gasteiger partial charge in [-0.1, -0.05) is 27.2 Å². The van der Waals surface area contributed by atoms with Crippen LogP contribution in [0.1, 0.15) is 33.6 Å². The zero-order valence-corrected chi connectivity index (χ0v) is 13.0. The number of carbonyl (C=O) groups is 2. The summed E-state index contributed by atoms with van der Waals surface area (Å²) in [6.07, 6.45) is 1.68. The number of hydrogen-bond donors (Lipinski definition) is 2. The molecule has 6 nitrogen and oxygen atoms in total. The second kappa shape index (κ2) is 10.6. The van der Waals surface area contributed by atoms with Gasteiger partial charge >= 0.3 is 5.97 Å². The highest BCUT2D eigenvalue weighted by atomic mass is 16.5. The van der Waals surface area contributed by atoms with E-state index >= 15 is 0 Å². The Morgan fingerprint density at radius 2 is 1.95 bits per heavy atom. The van der Waals surface area contributed by atoms with Gasteiger partial charge in [0.1, 0.15) is 6.04 Å². The predicted octanol–water partition coefficient (Wildman–Crippen LogP) is 0.395. The topological polar surface area (TPSA) is 78.9 Å². The molecule has 118 valence electrons. The number of esters is 1. The van der Waals surface area contributed by atoms with Crippen LogP contribution in [0.4, 0.5) is 0 Å². The fourth-order valence-corrected chi connectivity index (χ4v) is 1.95. The van der Waals surface area contributed by atoms with Crippen molar-refractivity contribution in [3.63, 3.8) is 0 Å². The maximum Gasteiger partial charge on any atom is 0.328 e. The second-order valence-corrected chi connectivity index (χ2v) is 4.95. The number of amides is 1. The molecule has 0 saturated carbocycles. The number of rotatable bonds is 10. The van der Waals surface area contributed by atoms with Crippen molar-refractivity contribution < 1.29 is 19.4 Å². The molecule has 0 aliphatic carbocycles. The molecule has 0 rings (SSSR count). The first kappa shape index (κ1) is 18.9. The summed E-state index contributed by atoms with van der Waals surface area (Å²) in [4.78, 5) is 25.6. The number of aliphatic hydroxyl groups is 1. The molecule has 0 unspecified atom stereocenters. The van der Waals surface area contributed by atoms with Crippen molar-refractivity contribution in [3.8, 4) is 0 Å². The van der Waals surface area contributed by atoms with Crippen LogP contribution < -0.4 is 5.32 Å². The highest BCUT2D eigenvalue weighted by Gasteiger charge is 2.26. The largest absolute Gasteiger partial charge is 0.467 e. The van der Waals surface area contributed by atoms with Gasteiger partial charge < -0.3 is 15.2 Å². The molecule has 1 amide bonds. The monoisotopic (exact) mass is 288 g/mol. The molecule has 2 atom stereocenters. The Kier molecular flexibility index (Phi) is 10.0. The lowest BCUT2D eigenvalue weighted by atomic mass is 9.99. The Bertz CT molecular complexity index is 291. The lowest BCUT2D eigenvalue weighted by Crippen LogP contribution is -2.49. The minimum Gasteiger partial charge on any atom is -0.467 e. The van der Waals surface area contributed by atoms with Gasteiger partial charge in [-0.3, -0.25) is 9.69 Å². The number of aliphatic hydroxyl groups excluding tert-OH is 1. The van der Waals surface area contributed by atoms with E-state index < -0.39 is 12.0 Å². The molecule has 0 bridgehead atoms. The van der Waals surface area contributed by atoms with E-state index in [9.17, 15) is 9.59 Å². The molecule has 0 aromatic heterocycles. The maximum atomic E-state index is 12.0. The van der Waals surface area contributed by atoms with E-state index in [1.54, 1.807) is 0 Å². The van der Waals surface area contributed by atoms with Gasteiger partial charge in [-0.25, -0.2) is 4.79 Å². The summed E-state index contributed by atoms with van der Waals surface area (Å²) >= 11 is 0. The van der Waals surface area contributed by atoms with Crippen LogP contribution in [-0.4, -0.2) is 61.3 Å². The van der Waals surface area contributed by atoms with Gasteiger partial charge in [-0.05, 0) is 18.9 Å². The molecule has 0 saturated heterocycles. The van der Waals surface area contributed by atoms with Crippen LogP contribution >= 0.6 is 0 Å². The Balaban J connectivity index is 4.54. The third-order valence-electron chi connectivity index (χ3n) is 3.31. The van der Waals surface area contributed by atoms with Crippen LogP contribution in [0.2, 0.25) is 0 Å². The van der Waals surface area contributed by atoms with E-state index in [0.29, 0.717) is 6.54 Å². The highest BCUT2D eigenvalue weighted by Crippen LogP contribution is 2.09. The molecular weight excluding hydrogens is 260 g/mol. The van der Waals surface area contributed by atoms with Crippen LogP contribution in [0, 0.1) is 5.92 Å². The summed E-state index contributed by atoms with van der Waals surface area (Å²) in [5, 5.41) is 11.7. The van der Waals surface area contributed by atoms with Gasteiger partial charge in [0.15, 0.2) is 0 Å². The summed E-state index contributed by atoms with van der Waals surface area (Å²) in [6.45, 7) is 7.26. The van der Waals surface area contributed by atoms with Crippen molar-refractivity contribution in [2.75, 3.05) is 33.4 Å². The quantitative estimate of drug-likeness (QED) is 0.569. The van der Waals surface area contributed by atoms with Crippen molar-refractivity contribution in [1.29, 1.82) is 0 Å². The molecule has 0 aliphatic heterocycles. The number of hydrogen-bond acceptors (Lipinski definition) is 5. The third kappa shape index (κ3) is 6.86. The molecule has 0 heterocycles. The smallest absolute Gasteiger partial charge is 0.328 e. The fourth-order valence-electron chi connectivity index (χ4n) is 1.95. The Morgan fingerprint density at radius 3 is 2.40 bits per heavy atom. The molecule has 20 heavy (non-hydrogen) atoms. The first-order valence-corrected chi connectivity index (χ1v) is 7.20. The van der Waals surface area contributed by atoms with Gasteiger partial charge in [-0.2, -0.15) is 0 Å². The van der Waals surface area contributed by atoms with Crippen LogP contribution in [-0.2, 0) is 14.3 Å². The molecule has 0 aromatic carbocycles. The molecule has 6 heteroatoms. The molecule has 0 radical (unpaired) electrons. The Morgan fingerprint density at radius 1 is 1.30 bits per heavy atom. The van der Waals surface area contributed by atoms with E-state index in [2.05, 4.69) is 5.32 Å². The molecule has 2 N–H and O–H groups in total. The second-order valence-electron chi connectivity index (χ2n) is 4.95. The van der Waals surface area contributed by atoms with Crippen LogP contribution in [0.5, 0.6) is 0 Å². The average Bonchev–Trinajstić information content (AvgIpc) is 2.43. The zero-order valence-electron chi connectivity index (χ0n) is 13.0. The van der Waals surface area contributed by atoms with Gasteiger partial charge in [0.2, 0.25) is 5.91 Å². The Labute approximate surface area is 121 Å². The van der Waals surface area contributed by atoms with Gasteiger partial charge in [0.25, 0.3) is 0 Å². The van der Waals surface area contributed by atoms with Crippen LogP contribution in [0.15, 0.2) is 0 Å². The summed E-state index contributed by atoms with van der Waals surface area (Å²) < 4.78 is 4.73. The predicted molar refractivity (Wildman–Crippen MR) is 77.2 cm³/mol. The van der Waals surface area contributed by atoms with Gasteiger partial charge in [-0.15, -0.1) is 0 Å². The average molecular weight is 288 g/mol. The van der Waals surface area contributed by atoms with Crippen molar-refractivity contribution in [1.82, 2.24) is 10.2 Å². The van der Waals surface area contributed by atoms with E-state index in [1.165, 1.54) is 7.11 Å². The van der Waals surface area contributed by atoms with E-state index in [-0.39, 0.29) is 25.0 Å². The number of carbonyl (C=O) groups excluding carboxylic acids is 2. The first-order valence-electron chi connectivity index (χ1n) is 7.20. The number of methoxy groups -OCH3 is 1. The molecule has 0 aliphatic rings. The summed E-state index contributed by atoms with van der Waals surface area (Å²) in [5.41, 5.74) is 0. The van der Waals surface area contributed by atoms with Crippen LogP contribution in [0.3, 0.4) is 0 Å². The zero-order chi connectivity index (χ0) is 15.5. The summed E-state index contributed by atoms with van der Waals surface area (Å²) in [6, 6.07) is -0.616. The minimum atomic E-state index is -0.616. The van der Waals surface area contributed by atoms with Crippen molar-refractivity contribution in [2.45, 2.75) is 39.7 Å². The number of nitrogens with one attached hydrogen (secondary N) is 1. The SMILES string of the molecule is CCCN(CCO)CC(=O)N[C@H](C(=O)OC)[C@@H](C)CC. The number of ether oxygens (including phenoxy) is 1. The number of nitrogens with zero attached hydrogens (tertiary/aromatic N) is 1. The highest BCUT2D eigenvalue weighted by molar-refractivity contribution is 5.85. The first-order chi connectivity index (χ1) is 9.49. The lowest BCUT2D eigenvalue weighted by Gasteiger charge is -2.24. The molecular formula is C14H28N2O4. The van der Waals surface area contributed by atoms with Crippen LogP contribution in [0.25, 0.3) is 0 Å².